The fraction of sp³-hybridized carbons (Fsp3) is 0.588. The highest BCUT2D eigenvalue weighted by Gasteiger charge is 2.38. The first-order chi connectivity index (χ1) is 49.3. The zero-order valence-corrected chi connectivity index (χ0v) is 62.6. The number of hydrogen-bond acceptors (Lipinski definition) is 17. The highest BCUT2D eigenvalue weighted by molar-refractivity contribution is 5.96. The van der Waals surface area contributed by atoms with Gasteiger partial charge in [-0.05, 0) is 177 Å². The van der Waals surface area contributed by atoms with Crippen molar-refractivity contribution >= 4 is 53.2 Å². The summed E-state index contributed by atoms with van der Waals surface area (Å²) in [5, 5.41) is 65.0. The number of carbonyl (C=O) groups is 9. The van der Waals surface area contributed by atoms with Gasteiger partial charge in [-0.1, -0.05) is 156 Å². The number of ketones is 2. The van der Waals surface area contributed by atoms with Crippen LogP contribution in [0.5, 0.6) is 0 Å². The third-order valence-corrected chi connectivity index (χ3v) is 18.5. The summed E-state index contributed by atoms with van der Waals surface area (Å²) in [6.45, 7) is 17.4. The number of nitrogens with zero attached hydrogens (tertiary/aromatic N) is 1. The lowest BCUT2D eigenvalue weighted by Crippen LogP contribution is -2.55. The predicted octanol–water partition coefficient (Wildman–Crippen LogP) is 6.44. The molecule has 0 radical (unpaired) electrons. The van der Waals surface area contributed by atoms with E-state index in [-0.39, 0.29) is 112 Å². The number of benzene rings is 4. The van der Waals surface area contributed by atoms with E-state index in [1.165, 1.54) is 0 Å². The van der Waals surface area contributed by atoms with Crippen LogP contribution in [-0.2, 0) is 68.8 Å². The Balaban J connectivity index is 0.000000392. The van der Waals surface area contributed by atoms with E-state index in [0.29, 0.717) is 83.7 Å². The lowest BCUT2D eigenvalue weighted by molar-refractivity contribution is -0.143. The Morgan fingerprint density at radius 2 is 0.923 bits per heavy atom. The number of carbonyl (C=O) groups excluding carboxylic acids is 8. The zero-order valence-electron chi connectivity index (χ0n) is 62.6. The Hall–Kier alpha value is -7.97. The summed E-state index contributed by atoms with van der Waals surface area (Å²) in [7, 11) is 0. The van der Waals surface area contributed by atoms with Gasteiger partial charge >= 0.3 is 12.1 Å². The van der Waals surface area contributed by atoms with Crippen LogP contribution in [0.15, 0.2) is 121 Å². The number of aliphatic hydroxyl groups excluding tert-OH is 2. The minimum absolute atomic E-state index is 0.0637. The van der Waals surface area contributed by atoms with Crippen LogP contribution < -0.4 is 43.4 Å². The molecule has 15 N–H and O–H groups in total. The van der Waals surface area contributed by atoms with E-state index in [0.717, 1.165) is 35.3 Å². The molecular weight excluding hydrogens is 1330 g/mol. The van der Waals surface area contributed by atoms with Gasteiger partial charge in [-0.15, -0.1) is 0 Å². The summed E-state index contributed by atoms with van der Waals surface area (Å²) in [4.78, 5) is 121. The van der Waals surface area contributed by atoms with Crippen molar-refractivity contribution in [3.05, 3.63) is 144 Å². The molecule has 2 saturated heterocycles. The maximum Gasteiger partial charge on any atom is 0.407 e. The number of carboxylic acids is 1. The van der Waals surface area contributed by atoms with Gasteiger partial charge in [0.1, 0.15) is 17.7 Å². The molecule has 24 heteroatoms. The van der Waals surface area contributed by atoms with Crippen LogP contribution in [0.25, 0.3) is 0 Å². The third kappa shape index (κ3) is 34.3. The number of ether oxygens (including phenoxy) is 1. The molecule has 8 atom stereocenters. The monoisotopic (exact) mass is 1450 g/mol. The van der Waals surface area contributed by atoms with Gasteiger partial charge in [0.05, 0.1) is 42.5 Å². The first-order valence-electron chi connectivity index (χ1n) is 37.1. The van der Waals surface area contributed by atoms with Gasteiger partial charge in [-0.3, -0.25) is 33.6 Å². The zero-order chi connectivity index (χ0) is 76.8. The van der Waals surface area contributed by atoms with E-state index in [1.807, 2.05) is 156 Å². The van der Waals surface area contributed by atoms with Crippen molar-refractivity contribution in [2.45, 2.75) is 218 Å². The lowest BCUT2D eigenvalue weighted by Gasteiger charge is -2.38. The third-order valence-electron chi connectivity index (χ3n) is 18.5. The van der Waals surface area contributed by atoms with Gasteiger partial charge in [0, 0.05) is 50.2 Å². The number of likely N-dealkylation sites (tertiary alicyclic amines) is 1. The number of hydrogen-bond donors (Lipinski definition) is 13. The van der Waals surface area contributed by atoms with Crippen LogP contribution in [0, 0.1) is 29.6 Å². The smallest absolute Gasteiger partial charge is 0.407 e. The molecule has 0 aliphatic carbocycles. The molecule has 4 aromatic rings. The molecule has 2 fully saturated rings. The topological polar surface area (TPSA) is 391 Å². The largest absolute Gasteiger partial charge is 0.480 e. The van der Waals surface area contributed by atoms with Crippen LogP contribution in [0.1, 0.15) is 168 Å². The molecule has 576 valence electrons. The molecule has 24 nitrogen and oxygen atoms in total. The number of piperidine rings is 2. The standard InChI is InChI=1S/C37H55N5O6.C37H53N3O7.C6H13NO2/c1-26(2)21-29(34(45)40-31(15-9-10-18-38)36(47)42-19-16-37(48,25-43)17-20-42)24-33(44)32(23-28-13-7-4-8-14-28)41-35(46)30(39)22-27-11-5-3-6-12-27;1-25(2)21-29(34(43)39-30(35(44)45)19-13-14-20-38-36(46)47-37(4,5)6)24-32(41)31(23-28-17-11-8-12-18-28)40-33(42)26(3)22-27-15-9-7-10-16-27;8-5-6(9)1-3-7-4-2-6/h3-8,11-14,26,29-32,43,48H,9-10,15-25,38-39H2,1-2H3,(H,40,45)(H,41,46);7-12,15-18,25-26,29-31H,13-14,19-24H2,1-6H3,(H,38,46)(H,39,43)(H,40,42)(H,44,45);7-9H,1-5H2/t29-,30+,31+,32+;26-,29+,30-,31-;/m01./s1. The normalized spacial score (nSPS) is 16.3. The van der Waals surface area contributed by atoms with Crippen molar-refractivity contribution in [3.63, 3.8) is 0 Å². The number of nitrogens with one attached hydrogen (secondary N) is 6. The van der Waals surface area contributed by atoms with Crippen LogP contribution in [0.3, 0.4) is 0 Å². The summed E-state index contributed by atoms with van der Waals surface area (Å²) in [5.74, 6) is -5.32. The number of nitrogens with two attached hydrogens (primary N) is 2. The Labute approximate surface area is 615 Å². The molecule has 104 heavy (non-hydrogen) atoms. The lowest BCUT2D eigenvalue weighted by atomic mass is 9.88. The van der Waals surface area contributed by atoms with Gasteiger partial charge in [-0.2, -0.15) is 0 Å². The van der Waals surface area contributed by atoms with Gasteiger partial charge in [0.2, 0.25) is 29.5 Å². The van der Waals surface area contributed by atoms with Gasteiger partial charge in [0.25, 0.3) is 0 Å². The Bertz CT molecular complexity index is 3220. The van der Waals surface area contributed by atoms with Crippen molar-refractivity contribution in [2.75, 3.05) is 52.5 Å². The number of aliphatic carboxylic acids is 1. The number of amides is 6. The number of Topliss-reactive ketones (excluding diaryl/α,β-unsaturated/α-hetero) is 2. The molecule has 2 aliphatic rings. The fourth-order valence-corrected chi connectivity index (χ4v) is 12.4. The molecule has 0 bridgehead atoms. The molecule has 2 aliphatic heterocycles. The average Bonchev–Trinajstić information content (AvgIpc) is 0.907. The number of alkyl carbamates (subject to hydrolysis) is 1. The van der Waals surface area contributed by atoms with E-state index in [9.17, 15) is 63.6 Å². The summed E-state index contributed by atoms with van der Waals surface area (Å²) in [5.41, 5.74) is 13.0. The minimum atomic E-state index is -1.21. The molecular formula is C80H121N9O15. The van der Waals surface area contributed by atoms with E-state index in [1.54, 1.807) is 25.7 Å². The SMILES string of the molecule is CC(C)C[C@@H](CC(=O)[C@@H](Cc1ccccc1)NC(=O)[C@H](C)Cc1ccccc1)C(=O)N[C@H](CCCCNC(=O)OC(C)(C)C)C(=O)O.CC(C)C[C@@H](CC(=O)[C@@H](Cc1ccccc1)NC(=O)[C@H](N)Cc1ccccc1)C(=O)N[C@H](CCCCN)C(=O)N1CCC(O)(CO)CC1.OCC1(O)CCNCC1. The van der Waals surface area contributed by atoms with Crippen LogP contribution >= 0.6 is 0 Å². The quantitative estimate of drug-likeness (QED) is 0.0214. The second-order valence-corrected chi connectivity index (χ2v) is 29.9. The highest BCUT2D eigenvalue weighted by Crippen LogP contribution is 2.26. The molecule has 0 unspecified atom stereocenters. The summed E-state index contributed by atoms with van der Waals surface area (Å²) in [6, 6.07) is 33.3. The van der Waals surface area contributed by atoms with Gasteiger partial charge in [-0.25, -0.2) is 9.59 Å². The molecule has 0 aromatic heterocycles. The molecule has 4 aromatic carbocycles. The van der Waals surface area contributed by atoms with Crippen molar-refractivity contribution in [2.24, 2.45) is 41.1 Å². The van der Waals surface area contributed by atoms with Gasteiger partial charge in [0.15, 0.2) is 11.6 Å². The molecule has 0 saturated carbocycles. The summed E-state index contributed by atoms with van der Waals surface area (Å²) < 4.78 is 5.20. The van der Waals surface area contributed by atoms with Crippen molar-refractivity contribution in [1.29, 1.82) is 0 Å². The second-order valence-electron chi connectivity index (χ2n) is 29.9. The Morgan fingerprint density at radius 1 is 0.529 bits per heavy atom. The highest BCUT2D eigenvalue weighted by atomic mass is 16.6. The van der Waals surface area contributed by atoms with E-state index in [4.69, 9.17) is 21.3 Å². The molecule has 2 heterocycles. The number of unbranched alkanes of at least 4 members (excludes halogenated alkanes) is 2. The van der Waals surface area contributed by atoms with Crippen molar-refractivity contribution in [3.8, 4) is 0 Å². The first kappa shape index (κ1) is 88.4. The van der Waals surface area contributed by atoms with Crippen molar-refractivity contribution < 1.29 is 73.4 Å². The van der Waals surface area contributed by atoms with E-state index < -0.39 is 88.6 Å². The minimum Gasteiger partial charge on any atom is -0.480 e. The van der Waals surface area contributed by atoms with E-state index >= 15 is 0 Å². The first-order valence-corrected chi connectivity index (χ1v) is 37.1. The van der Waals surface area contributed by atoms with Crippen LogP contribution in [0.2, 0.25) is 0 Å². The molecule has 6 rings (SSSR count). The molecule has 6 amide bonds. The number of carboxylic acid groups (broad SMARTS) is 1. The van der Waals surface area contributed by atoms with Crippen LogP contribution in [0.4, 0.5) is 4.79 Å². The average molecular weight is 1450 g/mol. The summed E-state index contributed by atoms with van der Waals surface area (Å²) in [6.07, 6.45) is 5.95. The fourth-order valence-electron chi connectivity index (χ4n) is 12.4. The summed E-state index contributed by atoms with van der Waals surface area (Å²) >= 11 is 0. The number of rotatable bonds is 39. The maximum absolute atomic E-state index is 14.0. The maximum atomic E-state index is 14.0. The molecule has 0 spiro atoms. The van der Waals surface area contributed by atoms with E-state index in [2.05, 4.69) is 31.9 Å². The Morgan fingerprint density at radius 3 is 1.34 bits per heavy atom. The van der Waals surface area contributed by atoms with Crippen LogP contribution in [-0.4, -0.2) is 183 Å². The van der Waals surface area contributed by atoms with Gasteiger partial charge < -0.3 is 78.5 Å². The van der Waals surface area contributed by atoms with Crippen molar-refractivity contribution in [1.82, 2.24) is 36.8 Å². The number of aliphatic hydroxyl groups is 4. The second kappa shape index (κ2) is 46.1. The predicted molar refractivity (Wildman–Crippen MR) is 401 cm³/mol. The Kier molecular flexibility index (Phi) is 39.2.